The van der Waals surface area contributed by atoms with Crippen LogP contribution in [0.5, 0.6) is 0 Å². The molecule has 66 valence electrons. The summed E-state index contributed by atoms with van der Waals surface area (Å²) in [6.07, 6.45) is 3.05. The lowest BCUT2D eigenvalue weighted by Gasteiger charge is -2.16. The average molecular weight is 167 g/mol. The molecule has 0 aliphatic heterocycles. The van der Waals surface area contributed by atoms with Gasteiger partial charge in [-0.3, -0.25) is 4.79 Å². The predicted molar refractivity (Wildman–Crippen MR) is 45.8 cm³/mol. The fourth-order valence-corrected chi connectivity index (χ4v) is 1.05. The summed E-state index contributed by atoms with van der Waals surface area (Å²) in [5, 5.41) is 0. The SMILES string of the molecule is CCN(CC)C(=O)c1cnc[nH]1. The number of carbonyl (C=O) groups excluding carboxylic acids is 1. The Morgan fingerprint density at radius 2 is 2.25 bits per heavy atom. The summed E-state index contributed by atoms with van der Waals surface area (Å²) < 4.78 is 0. The zero-order valence-corrected chi connectivity index (χ0v) is 7.37. The van der Waals surface area contributed by atoms with E-state index in [2.05, 4.69) is 9.97 Å². The lowest BCUT2D eigenvalue weighted by atomic mass is 10.4. The van der Waals surface area contributed by atoms with Crippen molar-refractivity contribution < 1.29 is 4.79 Å². The number of aromatic nitrogens is 2. The molecule has 1 N–H and O–H groups in total. The summed E-state index contributed by atoms with van der Waals surface area (Å²) in [7, 11) is 0. The first-order valence-electron chi connectivity index (χ1n) is 4.07. The normalized spacial score (nSPS) is 9.83. The molecular formula is C8H13N3O. The summed E-state index contributed by atoms with van der Waals surface area (Å²) in [4.78, 5) is 19.8. The molecule has 0 atom stereocenters. The minimum absolute atomic E-state index is 0.0116. The Kier molecular flexibility index (Phi) is 2.85. The van der Waals surface area contributed by atoms with Crippen molar-refractivity contribution in [3.05, 3.63) is 18.2 Å². The zero-order chi connectivity index (χ0) is 8.97. The number of H-pyrrole nitrogens is 1. The second-order valence-electron chi connectivity index (χ2n) is 2.44. The molecular weight excluding hydrogens is 154 g/mol. The van der Waals surface area contributed by atoms with E-state index in [0.717, 1.165) is 13.1 Å². The van der Waals surface area contributed by atoms with Crippen molar-refractivity contribution in [2.24, 2.45) is 0 Å². The Balaban J connectivity index is 2.70. The molecule has 1 heterocycles. The lowest BCUT2D eigenvalue weighted by molar-refractivity contribution is 0.0768. The van der Waals surface area contributed by atoms with Crippen molar-refractivity contribution in [3.8, 4) is 0 Å². The van der Waals surface area contributed by atoms with E-state index >= 15 is 0 Å². The fraction of sp³-hybridized carbons (Fsp3) is 0.500. The van der Waals surface area contributed by atoms with Crippen molar-refractivity contribution in [3.63, 3.8) is 0 Å². The van der Waals surface area contributed by atoms with E-state index in [1.165, 1.54) is 6.33 Å². The summed E-state index contributed by atoms with van der Waals surface area (Å²) in [6, 6.07) is 0. The molecule has 0 spiro atoms. The van der Waals surface area contributed by atoms with E-state index < -0.39 is 0 Å². The minimum atomic E-state index is 0.0116. The first kappa shape index (κ1) is 8.77. The fourth-order valence-electron chi connectivity index (χ4n) is 1.05. The van der Waals surface area contributed by atoms with Gasteiger partial charge in [-0.05, 0) is 13.8 Å². The number of nitrogens with zero attached hydrogens (tertiary/aromatic N) is 2. The Bertz CT molecular complexity index is 239. The second-order valence-corrected chi connectivity index (χ2v) is 2.44. The molecule has 4 nitrogen and oxygen atoms in total. The number of carbonyl (C=O) groups is 1. The van der Waals surface area contributed by atoms with Crippen LogP contribution in [0.1, 0.15) is 24.3 Å². The molecule has 0 bridgehead atoms. The Morgan fingerprint density at radius 3 is 2.67 bits per heavy atom. The summed E-state index contributed by atoms with van der Waals surface area (Å²) in [5.41, 5.74) is 0.554. The summed E-state index contributed by atoms with van der Waals surface area (Å²) in [6.45, 7) is 5.37. The maximum Gasteiger partial charge on any atom is 0.271 e. The first-order valence-corrected chi connectivity index (χ1v) is 4.07. The molecule has 0 radical (unpaired) electrons. The molecule has 1 amide bonds. The Morgan fingerprint density at radius 1 is 1.58 bits per heavy atom. The molecule has 12 heavy (non-hydrogen) atoms. The zero-order valence-electron chi connectivity index (χ0n) is 7.37. The highest BCUT2D eigenvalue weighted by atomic mass is 16.2. The monoisotopic (exact) mass is 167 g/mol. The van der Waals surface area contributed by atoms with E-state index in [1.807, 2.05) is 13.8 Å². The van der Waals surface area contributed by atoms with Crippen molar-refractivity contribution in [1.29, 1.82) is 0 Å². The van der Waals surface area contributed by atoms with Gasteiger partial charge in [0.2, 0.25) is 0 Å². The predicted octanol–water partition coefficient (Wildman–Crippen LogP) is 0.892. The second kappa shape index (κ2) is 3.90. The molecule has 0 saturated heterocycles. The van der Waals surface area contributed by atoms with Gasteiger partial charge in [-0.2, -0.15) is 0 Å². The molecule has 0 fully saturated rings. The summed E-state index contributed by atoms with van der Waals surface area (Å²) >= 11 is 0. The molecule has 1 aromatic heterocycles. The van der Waals surface area contributed by atoms with Crippen LogP contribution < -0.4 is 0 Å². The third kappa shape index (κ3) is 1.64. The number of imidazole rings is 1. The van der Waals surface area contributed by atoms with Crippen LogP contribution in [0.25, 0.3) is 0 Å². The largest absolute Gasteiger partial charge is 0.341 e. The highest BCUT2D eigenvalue weighted by Crippen LogP contribution is 1.98. The van der Waals surface area contributed by atoms with Crippen LogP contribution in [0, 0.1) is 0 Å². The maximum absolute atomic E-state index is 11.5. The average Bonchev–Trinajstić information content (AvgIpc) is 2.58. The quantitative estimate of drug-likeness (QED) is 0.726. The smallest absolute Gasteiger partial charge is 0.271 e. The molecule has 0 saturated carbocycles. The molecule has 0 unspecified atom stereocenters. The molecule has 1 rings (SSSR count). The van der Waals surface area contributed by atoms with Gasteiger partial charge in [0.05, 0.1) is 12.5 Å². The highest BCUT2D eigenvalue weighted by molar-refractivity contribution is 5.91. The number of amides is 1. The molecule has 1 aromatic rings. The van der Waals surface area contributed by atoms with Gasteiger partial charge in [-0.1, -0.05) is 0 Å². The van der Waals surface area contributed by atoms with Crippen LogP contribution in [-0.4, -0.2) is 33.9 Å². The minimum Gasteiger partial charge on any atom is -0.341 e. The molecule has 0 aromatic carbocycles. The van der Waals surface area contributed by atoms with Gasteiger partial charge in [0.15, 0.2) is 0 Å². The van der Waals surface area contributed by atoms with Crippen molar-refractivity contribution in [2.75, 3.05) is 13.1 Å². The maximum atomic E-state index is 11.5. The van der Waals surface area contributed by atoms with Gasteiger partial charge in [0.25, 0.3) is 5.91 Å². The van der Waals surface area contributed by atoms with E-state index in [9.17, 15) is 4.79 Å². The van der Waals surface area contributed by atoms with Crippen LogP contribution in [-0.2, 0) is 0 Å². The van der Waals surface area contributed by atoms with Crippen LogP contribution >= 0.6 is 0 Å². The number of nitrogens with one attached hydrogen (secondary N) is 1. The molecule has 0 aliphatic carbocycles. The standard InChI is InChI=1S/C8H13N3O/c1-3-11(4-2)8(12)7-5-9-6-10-7/h5-6H,3-4H2,1-2H3,(H,9,10). The van der Waals surface area contributed by atoms with Gasteiger partial charge < -0.3 is 9.88 Å². The van der Waals surface area contributed by atoms with Gasteiger partial charge in [0.1, 0.15) is 5.69 Å². The third-order valence-corrected chi connectivity index (χ3v) is 1.78. The van der Waals surface area contributed by atoms with Gasteiger partial charge in [0, 0.05) is 13.1 Å². The van der Waals surface area contributed by atoms with Crippen molar-refractivity contribution >= 4 is 5.91 Å². The number of hydrogen-bond donors (Lipinski definition) is 1. The van der Waals surface area contributed by atoms with E-state index in [4.69, 9.17) is 0 Å². The van der Waals surface area contributed by atoms with E-state index in [1.54, 1.807) is 11.1 Å². The van der Waals surface area contributed by atoms with Gasteiger partial charge in [-0.15, -0.1) is 0 Å². The van der Waals surface area contributed by atoms with Crippen LogP contribution in [0.3, 0.4) is 0 Å². The molecule has 4 heteroatoms. The Hall–Kier alpha value is -1.32. The Labute approximate surface area is 71.6 Å². The lowest BCUT2D eigenvalue weighted by Crippen LogP contribution is -2.30. The van der Waals surface area contributed by atoms with E-state index in [-0.39, 0.29) is 5.91 Å². The highest BCUT2D eigenvalue weighted by Gasteiger charge is 2.12. The van der Waals surface area contributed by atoms with Crippen molar-refractivity contribution in [1.82, 2.24) is 14.9 Å². The third-order valence-electron chi connectivity index (χ3n) is 1.78. The topological polar surface area (TPSA) is 49.0 Å². The van der Waals surface area contributed by atoms with Crippen LogP contribution in [0.15, 0.2) is 12.5 Å². The number of rotatable bonds is 3. The van der Waals surface area contributed by atoms with Crippen LogP contribution in [0.4, 0.5) is 0 Å². The van der Waals surface area contributed by atoms with Crippen molar-refractivity contribution in [2.45, 2.75) is 13.8 Å². The van der Waals surface area contributed by atoms with Gasteiger partial charge in [-0.25, -0.2) is 4.98 Å². The number of hydrogen-bond acceptors (Lipinski definition) is 2. The number of aromatic amines is 1. The summed E-state index contributed by atoms with van der Waals surface area (Å²) in [5.74, 6) is 0.0116. The van der Waals surface area contributed by atoms with E-state index in [0.29, 0.717) is 5.69 Å². The first-order chi connectivity index (χ1) is 5.79. The van der Waals surface area contributed by atoms with Crippen LogP contribution in [0.2, 0.25) is 0 Å². The molecule has 0 aliphatic rings. The van der Waals surface area contributed by atoms with Gasteiger partial charge >= 0.3 is 0 Å².